The van der Waals surface area contributed by atoms with E-state index in [2.05, 4.69) is 13.8 Å². The lowest BCUT2D eigenvalue weighted by Crippen LogP contribution is -2.34. The van der Waals surface area contributed by atoms with E-state index in [0.29, 0.717) is 12.3 Å². The van der Waals surface area contributed by atoms with Crippen molar-refractivity contribution in [3.05, 3.63) is 29.8 Å². The number of hydrogen-bond donors (Lipinski definition) is 1. The van der Waals surface area contributed by atoms with Crippen molar-refractivity contribution in [1.82, 2.24) is 0 Å². The quantitative estimate of drug-likeness (QED) is 0.454. The molecule has 0 bridgehead atoms. The lowest BCUT2D eigenvalue weighted by atomic mass is 9.69. The smallest absolute Gasteiger partial charge is 0.296 e. The van der Waals surface area contributed by atoms with Crippen LogP contribution < -0.4 is 0 Å². The number of aryl methyl sites for hydroxylation is 1. The van der Waals surface area contributed by atoms with Crippen molar-refractivity contribution >= 4 is 10.1 Å². The molecule has 25 heavy (non-hydrogen) atoms. The highest BCUT2D eigenvalue weighted by atomic mass is 32.2. The fourth-order valence-electron chi connectivity index (χ4n) is 3.89. The van der Waals surface area contributed by atoms with E-state index in [1.54, 1.807) is 24.3 Å². The Morgan fingerprint density at radius 3 is 2.60 bits per heavy atom. The van der Waals surface area contributed by atoms with Crippen molar-refractivity contribution in [2.45, 2.75) is 57.5 Å². The second-order valence-corrected chi connectivity index (χ2v) is 8.97. The molecule has 5 nitrogen and oxygen atoms in total. The summed E-state index contributed by atoms with van der Waals surface area (Å²) in [6.45, 7) is 6.22. The summed E-state index contributed by atoms with van der Waals surface area (Å²) < 4.78 is 29.6. The van der Waals surface area contributed by atoms with Gasteiger partial charge in [-0.25, -0.2) is 0 Å². The first-order valence-electron chi connectivity index (χ1n) is 8.74. The molecule has 4 atom stereocenters. The lowest BCUT2D eigenvalue weighted by Gasteiger charge is -2.36. The van der Waals surface area contributed by atoms with Gasteiger partial charge in [-0.15, -0.1) is 0 Å². The Morgan fingerprint density at radius 1 is 1.36 bits per heavy atom. The maximum Gasteiger partial charge on any atom is 0.296 e. The minimum absolute atomic E-state index is 0.0683. The first kappa shape index (κ1) is 19.9. The molecule has 0 radical (unpaired) electrons. The van der Waals surface area contributed by atoms with Crippen LogP contribution in [0.2, 0.25) is 0 Å². The molecule has 1 saturated carbocycles. The molecule has 0 saturated heterocycles. The maximum absolute atomic E-state index is 12.2. The highest BCUT2D eigenvalue weighted by molar-refractivity contribution is 7.86. The predicted molar refractivity (Wildman–Crippen MR) is 95.2 cm³/mol. The van der Waals surface area contributed by atoms with Gasteiger partial charge in [0.2, 0.25) is 0 Å². The average molecular weight is 365 g/mol. The van der Waals surface area contributed by atoms with Gasteiger partial charge in [-0.3, -0.25) is 4.18 Å². The Bertz CT molecular complexity index is 723. The van der Waals surface area contributed by atoms with E-state index in [1.165, 1.54) is 0 Å². The molecule has 1 aromatic rings. The van der Waals surface area contributed by atoms with Gasteiger partial charge >= 0.3 is 0 Å². The molecule has 0 heterocycles. The second-order valence-electron chi connectivity index (χ2n) is 7.36. The molecule has 6 heteroatoms. The molecule has 1 fully saturated rings. The van der Waals surface area contributed by atoms with E-state index in [9.17, 15) is 13.5 Å². The van der Waals surface area contributed by atoms with Gasteiger partial charge in [0, 0.05) is 5.92 Å². The number of benzene rings is 1. The lowest BCUT2D eigenvalue weighted by molar-refractivity contribution is 0.0517. The Balaban J connectivity index is 1.93. The zero-order valence-electron chi connectivity index (χ0n) is 15.1. The fraction of sp³-hybridized carbons (Fsp3) is 0.632. The van der Waals surface area contributed by atoms with Gasteiger partial charge in [0.05, 0.1) is 17.6 Å². The van der Waals surface area contributed by atoms with E-state index in [0.717, 1.165) is 24.8 Å². The largest absolute Gasteiger partial charge is 0.378 e. The first-order valence-corrected chi connectivity index (χ1v) is 10.2. The van der Waals surface area contributed by atoms with E-state index in [4.69, 9.17) is 9.44 Å². The highest BCUT2D eigenvalue weighted by Gasteiger charge is 2.46. The monoisotopic (exact) mass is 365 g/mol. The second kappa shape index (κ2) is 7.86. The predicted octanol–water partition coefficient (Wildman–Crippen LogP) is 3.42. The normalized spacial score (nSPS) is 27.8. The highest BCUT2D eigenvalue weighted by Crippen LogP contribution is 2.51. The Morgan fingerprint density at radius 2 is 2.00 bits per heavy atom. The van der Waals surface area contributed by atoms with E-state index in [1.807, 2.05) is 13.0 Å². The fourth-order valence-corrected chi connectivity index (χ4v) is 4.83. The molecular weight excluding hydrogens is 338 g/mol. The first-order chi connectivity index (χ1) is 11.7. The van der Waals surface area contributed by atoms with Gasteiger partial charge < -0.3 is 5.11 Å². The SMILES string of the molecule is Cc1ccc(S(=O)(=O)OCCC[C@@]2(C)[C@H](C)CC[C@@H]2C(O)C#N)cc1. The van der Waals surface area contributed by atoms with Crippen molar-refractivity contribution in [2.75, 3.05) is 6.61 Å². The maximum atomic E-state index is 12.2. The van der Waals surface area contributed by atoms with Gasteiger partial charge in [-0.1, -0.05) is 31.5 Å². The molecule has 0 spiro atoms. The number of aliphatic hydroxyl groups is 1. The Kier molecular flexibility index (Phi) is 6.26. The van der Waals surface area contributed by atoms with Crippen LogP contribution in [0, 0.1) is 35.5 Å². The van der Waals surface area contributed by atoms with Gasteiger partial charge in [-0.05, 0) is 56.1 Å². The van der Waals surface area contributed by atoms with Crippen molar-refractivity contribution in [3.63, 3.8) is 0 Å². The van der Waals surface area contributed by atoms with E-state index < -0.39 is 16.2 Å². The van der Waals surface area contributed by atoms with Crippen molar-refractivity contribution < 1.29 is 17.7 Å². The summed E-state index contributed by atoms with van der Waals surface area (Å²) in [6.07, 6.45) is 2.13. The van der Waals surface area contributed by atoms with Crippen molar-refractivity contribution in [1.29, 1.82) is 5.26 Å². The third kappa shape index (κ3) is 4.41. The summed E-state index contributed by atoms with van der Waals surface area (Å²) in [6, 6.07) is 8.53. The molecule has 0 aliphatic heterocycles. The van der Waals surface area contributed by atoms with Crippen LogP contribution in [0.25, 0.3) is 0 Å². The molecule has 1 aromatic carbocycles. The summed E-state index contributed by atoms with van der Waals surface area (Å²) in [5.41, 5.74) is 0.816. The van der Waals surface area contributed by atoms with Crippen LogP contribution in [0.3, 0.4) is 0 Å². The molecule has 1 aliphatic rings. The van der Waals surface area contributed by atoms with Crippen LogP contribution in [-0.2, 0) is 14.3 Å². The molecule has 1 aliphatic carbocycles. The van der Waals surface area contributed by atoms with Gasteiger partial charge in [0.1, 0.15) is 6.10 Å². The zero-order valence-corrected chi connectivity index (χ0v) is 15.9. The van der Waals surface area contributed by atoms with E-state index in [-0.39, 0.29) is 22.8 Å². The molecule has 138 valence electrons. The minimum atomic E-state index is -3.74. The number of nitriles is 1. The standard InChI is InChI=1S/C19H27NO4S/c1-14-5-8-16(9-6-14)25(22,23)24-12-4-11-19(3)15(2)7-10-17(19)18(21)13-20/h5-6,8-9,15,17-18,21H,4,7,10-12H2,1-3H3/t15-,17-,18?,19+/m1/s1. The molecule has 2 rings (SSSR count). The third-order valence-corrected chi connectivity index (χ3v) is 7.13. The van der Waals surface area contributed by atoms with Crippen LogP contribution in [0.15, 0.2) is 29.2 Å². The summed E-state index contributed by atoms with van der Waals surface area (Å²) in [7, 11) is -3.74. The van der Waals surface area contributed by atoms with Gasteiger partial charge in [0.15, 0.2) is 0 Å². The Hall–Kier alpha value is -1.42. The summed E-state index contributed by atoms with van der Waals surface area (Å²) in [5.74, 6) is 0.315. The van der Waals surface area contributed by atoms with Crippen LogP contribution in [-0.4, -0.2) is 26.2 Å². The van der Waals surface area contributed by atoms with Crippen LogP contribution in [0.4, 0.5) is 0 Å². The average Bonchev–Trinajstić information content (AvgIpc) is 2.87. The van der Waals surface area contributed by atoms with Gasteiger partial charge in [0.25, 0.3) is 10.1 Å². The summed E-state index contributed by atoms with van der Waals surface area (Å²) in [5, 5.41) is 19.0. The number of aliphatic hydroxyl groups excluding tert-OH is 1. The topological polar surface area (TPSA) is 87.4 Å². The van der Waals surface area contributed by atoms with E-state index >= 15 is 0 Å². The molecule has 1 unspecified atom stereocenters. The molecule has 1 N–H and O–H groups in total. The molecular formula is C19H27NO4S. The van der Waals surface area contributed by atoms with Crippen molar-refractivity contribution in [2.24, 2.45) is 17.3 Å². The van der Waals surface area contributed by atoms with Crippen LogP contribution in [0.1, 0.15) is 45.1 Å². The Labute approximate surface area is 150 Å². The number of nitrogens with zero attached hydrogens (tertiary/aromatic N) is 1. The van der Waals surface area contributed by atoms with Gasteiger partial charge in [-0.2, -0.15) is 13.7 Å². The number of hydrogen-bond acceptors (Lipinski definition) is 5. The third-order valence-electron chi connectivity index (χ3n) is 5.80. The molecule has 0 amide bonds. The summed E-state index contributed by atoms with van der Waals surface area (Å²) >= 11 is 0. The zero-order chi connectivity index (χ0) is 18.7. The van der Waals surface area contributed by atoms with Crippen LogP contribution >= 0.6 is 0 Å². The molecule has 0 aromatic heterocycles. The minimum Gasteiger partial charge on any atom is -0.378 e. The van der Waals surface area contributed by atoms with Crippen LogP contribution in [0.5, 0.6) is 0 Å². The summed E-state index contributed by atoms with van der Waals surface area (Å²) in [4.78, 5) is 0.163. The number of rotatable bonds is 7. The van der Waals surface area contributed by atoms with Crippen molar-refractivity contribution in [3.8, 4) is 6.07 Å².